The summed E-state index contributed by atoms with van der Waals surface area (Å²) >= 11 is 0. The Hall–Kier alpha value is -1.06. The molecule has 0 spiro atoms. The quantitative estimate of drug-likeness (QED) is 0.837. The summed E-state index contributed by atoms with van der Waals surface area (Å²) in [6.07, 6.45) is -4.26. The molecular weight excluding hydrogens is 312 g/mol. The number of hydrogen-bond donors (Lipinski definition) is 2. The lowest BCUT2D eigenvalue weighted by Gasteiger charge is -2.15. The number of alkyl halides is 3. The van der Waals surface area contributed by atoms with Crippen molar-refractivity contribution in [3.8, 4) is 0 Å². The van der Waals surface area contributed by atoms with Crippen LogP contribution in [0, 0.1) is 5.82 Å². The van der Waals surface area contributed by atoms with E-state index in [0.717, 1.165) is 6.07 Å². The van der Waals surface area contributed by atoms with Crippen LogP contribution >= 0.6 is 12.4 Å². The second-order valence-electron chi connectivity index (χ2n) is 3.58. The Morgan fingerprint density at radius 2 is 1.84 bits per heavy atom. The first-order valence-electron chi connectivity index (χ1n) is 4.62. The van der Waals surface area contributed by atoms with E-state index in [-0.39, 0.29) is 24.5 Å². The fourth-order valence-electron chi connectivity index (χ4n) is 1.29. The van der Waals surface area contributed by atoms with Crippen molar-refractivity contribution in [3.05, 3.63) is 29.1 Å². The lowest BCUT2D eigenvalue weighted by atomic mass is 10.1. The number of nitrogens with one attached hydrogen (secondary N) is 1. The molecule has 0 unspecified atom stereocenters. The van der Waals surface area contributed by atoms with Gasteiger partial charge in [0.1, 0.15) is 5.82 Å². The van der Waals surface area contributed by atoms with Crippen molar-refractivity contribution in [2.24, 2.45) is 5.73 Å². The largest absolute Gasteiger partial charge is 0.418 e. The molecule has 1 aromatic rings. The first kappa shape index (κ1) is 17.9. The van der Waals surface area contributed by atoms with Gasteiger partial charge in [-0.1, -0.05) is 0 Å². The van der Waals surface area contributed by atoms with Crippen molar-refractivity contribution in [2.45, 2.75) is 12.7 Å². The highest BCUT2D eigenvalue weighted by Crippen LogP contribution is 2.37. The predicted octanol–water partition coefficient (Wildman–Crippen LogP) is 2.10. The lowest BCUT2D eigenvalue weighted by molar-refractivity contribution is -0.137. The van der Waals surface area contributed by atoms with Crippen molar-refractivity contribution in [1.29, 1.82) is 0 Å². The van der Waals surface area contributed by atoms with E-state index in [4.69, 9.17) is 5.73 Å². The summed E-state index contributed by atoms with van der Waals surface area (Å²) in [5, 5.41) is 0. The number of anilines is 1. The summed E-state index contributed by atoms with van der Waals surface area (Å²) in [5.74, 6) is -1.32. The van der Waals surface area contributed by atoms with Crippen LogP contribution in [0.3, 0.4) is 0 Å². The molecule has 0 aromatic heterocycles. The Balaban J connectivity index is 0.00000324. The van der Waals surface area contributed by atoms with E-state index in [1.54, 1.807) is 0 Å². The number of hydrogen-bond acceptors (Lipinski definition) is 3. The van der Waals surface area contributed by atoms with Crippen molar-refractivity contribution >= 4 is 28.1 Å². The van der Waals surface area contributed by atoms with Crippen molar-refractivity contribution in [1.82, 2.24) is 0 Å². The third-order valence-electron chi connectivity index (χ3n) is 1.98. The first-order valence-corrected chi connectivity index (χ1v) is 6.51. The third-order valence-corrected chi connectivity index (χ3v) is 2.55. The molecule has 0 atom stereocenters. The van der Waals surface area contributed by atoms with E-state index < -0.39 is 33.3 Å². The highest BCUT2D eigenvalue weighted by Gasteiger charge is 2.36. The van der Waals surface area contributed by atoms with E-state index in [9.17, 15) is 26.0 Å². The molecule has 1 rings (SSSR count). The van der Waals surface area contributed by atoms with Gasteiger partial charge in [-0.05, 0) is 17.7 Å². The molecular formula is C9H11ClF4N2O2S. The van der Waals surface area contributed by atoms with Crippen LogP contribution in [0.5, 0.6) is 0 Å². The minimum Gasteiger partial charge on any atom is -0.326 e. The standard InChI is InChI=1S/C9H10F4N2O2S.ClH/c1-18(16,17)15-8-6(9(11,12)13)2-5(4-14)3-7(8)10;/h2-3,15H,4,14H2,1H3;1H. The van der Waals surface area contributed by atoms with Gasteiger partial charge in [0.15, 0.2) is 0 Å². The summed E-state index contributed by atoms with van der Waals surface area (Å²) in [6.45, 7) is -0.293. The highest BCUT2D eigenvalue weighted by atomic mass is 35.5. The molecule has 19 heavy (non-hydrogen) atoms. The Morgan fingerprint density at radius 1 is 1.32 bits per heavy atom. The van der Waals surface area contributed by atoms with E-state index in [2.05, 4.69) is 0 Å². The molecule has 0 radical (unpaired) electrons. The van der Waals surface area contributed by atoms with Crippen LogP contribution in [0.4, 0.5) is 23.2 Å². The van der Waals surface area contributed by atoms with Gasteiger partial charge < -0.3 is 5.73 Å². The van der Waals surface area contributed by atoms with Gasteiger partial charge in [-0.3, -0.25) is 4.72 Å². The first-order chi connectivity index (χ1) is 8.04. The van der Waals surface area contributed by atoms with Gasteiger partial charge in [-0.15, -0.1) is 12.4 Å². The smallest absolute Gasteiger partial charge is 0.326 e. The van der Waals surface area contributed by atoms with Crippen molar-refractivity contribution < 1.29 is 26.0 Å². The van der Waals surface area contributed by atoms with Gasteiger partial charge in [0, 0.05) is 6.54 Å². The average Bonchev–Trinajstić information content (AvgIpc) is 2.17. The third kappa shape index (κ3) is 4.84. The molecule has 0 heterocycles. The number of benzene rings is 1. The Kier molecular flexibility index (Phi) is 5.60. The number of rotatable bonds is 3. The zero-order chi connectivity index (χ0) is 14.1. The van der Waals surface area contributed by atoms with Crippen LogP contribution in [0.25, 0.3) is 0 Å². The van der Waals surface area contributed by atoms with Gasteiger partial charge in [0.05, 0.1) is 17.5 Å². The molecule has 0 saturated carbocycles. The second kappa shape index (κ2) is 5.93. The number of halogens is 5. The SMILES string of the molecule is CS(=O)(=O)Nc1c(F)cc(CN)cc1C(F)(F)F.Cl. The van der Waals surface area contributed by atoms with Gasteiger partial charge in [-0.2, -0.15) is 13.2 Å². The Labute approximate surface area is 113 Å². The number of nitrogens with two attached hydrogens (primary N) is 1. The highest BCUT2D eigenvalue weighted by molar-refractivity contribution is 7.92. The summed E-state index contributed by atoms with van der Waals surface area (Å²) in [4.78, 5) is 0. The monoisotopic (exact) mass is 322 g/mol. The molecule has 110 valence electrons. The lowest BCUT2D eigenvalue weighted by Crippen LogP contribution is -2.18. The molecule has 4 nitrogen and oxygen atoms in total. The van der Waals surface area contributed by atoms with Crippen LogP contribution in [0.2, 0.25) is 0 Å². The van der Waals surface area contributed by atoms with Crippen LogP contribution < -0.4 is 10.5 Å². The van der Waals surface area contributed by atoms with Crippen LogP contribution in [0.1, 0.15) is 11.1 Å². The summed E-state index contributed by atoms with van der Waals surface area (Å²) in [5.41, 5.74) is 2.52. The molecule has 0 aliphatic heterocycles. The molecule has 0 fully saturated rings. The van der Waals surface area contributed by atoms with Crippen molar-refractivity contribution in [3.63, 3.8) is 0 Å². The van der Waals surface area contributed by atoms with Crippen LogP contribution in [0.15, 0.2) is 12.1 Å². The molecule has 0 aliphatic carbocycles. The van der Waals surface area contributed by atoms with Crippen molar-refractivity contribution in [2.75, 3.05) is 11.0 Å². The minimum absolute atomic E-state index is 0. The second-order valence-corrected chi connectivity index (χ2v) is 5.32. The molecule has 0 aliphatic rings. The summed E-state index contributed by atoms with van der Waals surface area (Å²) < 4.78 is 74.9. The van der Waals surface area contributed by atoms with Crippen LogP contribution in [-0.2, 0) is 22.7 Å². The van der Waals surface area contributed by atoms with E-state index >= 15 is 0 Å². The van der Waals surface area contributed by atoms with E-state index in [1.165, 1.54) is 4.72 Å². The fraction of sp³-hybridized carbons (Fsp3) is 0.333. The summed E-state index contributed by atoms with van der Waals surface area (Å²) in [6, 6.07) is 1.36. The predicted molar refractivity (Wildman–Crippen MR) is 65.0 cm³/mol. The topological polar surface area (TPSA) is 72.2 Å². The van der Waals surface area contributed by atoms with Crippen LogP contribution in [-0.4, -0.2) is 14.7 Å². The minimum atomic E-state index is -4.89. The molecule has 1 aromatic carbocycles. The van der Waals surface area contributed by atoms with E-state index in [1.807, 2.05) is 0 Å². The maximum Gasteiger partial charge on any atom is 0.418 e. The molecule has 0 bridgehead atoms. The molecule has 3 N–H and O–H groups in total. The maximum atomic E-state index is 13.5. The van der Waals surface area contributed by atoms with E-state index in [0.29, 0.717) is 12.3 Å². The fourth-order valence-corrected chi connectivity index (χ4v) is 1.87. The molecule has 10 heteroatoms. The summed E-state index contributed by atoms with van der Waals surface area (Å²) in [7, 11) is -4.02. The van der Waals surface area contributed by atoms with Gasteiger partial charge in [0.2, 0.25) is 10.0 Å². The normalized spacial score (nSPS) is 11.9. The maximum absolute atomic E-state index is 13.5. The Morgan fingerprint density at radius 3 is 2.21 bits per heavy atom. The van der Waals surface area contributed by atoms with Gasteiger partial charge >= 0.3 is 6.18 Å². The zero-order valence-electron chi connectivity index (χ0n) is 9.58. The zero-order valence-corrected chi connectivity index (χ0v) is 11.2. The number of sulfonamides is 1. The molecule has 0 saturated heterocycles. The average molecular weight is 323 g/mol. The Bertz CT molecular complexity index is 560. The van der Waals surface area contributed by atoms with Gasteiger partial charge in [0.25, 0.3) is 0 Å². The van der Waals surface area contributed by atoms with Gasteiger partial charge in [-0.25, -0.2) is 12.8 Å². The molecule has 0 amide bonds.